The van der Waals surface area contributed by atoms with Crippen molar-refractivity contribution in [1.29, 1.82) is 0 Å². The van der Waals surface area contributed by atoms with E-state index in [-0.39, 0.29) is 5.75 Å². The Labute approximate surface area is 120 Å². The zero-order valence-electron chi connectivity index (χ0n) is 11.6. The second-order valence-corrected chi connectivity index (χ2v) is 4.18. The van der Waals surface area contributed by atoms with Gasteiger partial charge in [-0.3, -0.25) is 9.59 Å². The highest BCUT2D eigenvalue weighted by Crippen LogP contribution is 2.27. The van der Waals surface area contributed by atoms with Crippen LogP contribution in [-0.4, -0.2) is 35.1 Å². The molecule has 0 bridgehead atoms. The highest BCUT2D eigenvalue weighted by molar-refractivity contribution is 5.68. The third kappa shape index (κ3) is 3.19. The number of ether oxygens (including phenoxy) is 2. The summed E-state index contributed by atoms with van der Waals surface area (Å²) in [4.78, 5) is 22.5. The SMILES string of the molecule is COc1ccc(-c2nn(CC(=O)O)c(=O)cc2OC)cc1. The summed E-state index contributed by atoms with van der Waals surface area (Å²) in [5, 5.41) is 12.9. The maximum atomic E-state index is 11.8. The van der Waals surface area contributed by atoms with E-state index in [1.807, 2.05) is 0 Å². The minimum absolute atomic E-state index is 0.284. The van der Waals surface area contributed by atoms with E-state index in [0.717, 1.165) is 4.68 Å². The Morgan fingerprint density at radius 2 is 1.90 bits per heavy atom. The third-order valence-electron chi connectivity index (χ3n) is 2.83. The number of carboxylic acids is 1. The standard InChI is InChI=1S/C14H14N2O5/c1-20-10-5-3-9(4-6-10)14-11(21-2)7-12(17)16(15-14)8-13(18)19/h3-7H,8H2,1-2H3,(H,18,19). The molecule has 0 aliphatic rings. The van der Waals surface area contributed by atoms with Gasteiger partial charge in [0.1, 0.15) is 18.0 Å². The summed E-state index contributed by atoms with van der Waals surface area (Å²) < 4.78 is 11.1. The fourth-order valence-electron chi connectivity index (χ4n) is 1.82. The van der Waals surface area contributed by atoms with Gasteiger partial charge in [-0.15, -0.1) is 0 Å². The van der Waals surface area contributed by atoms with E-state index < -0.39 is 18.1 Å². The van der Waals surface area contributed by atoms with E-state index in [2.05, 4.69) is 5.10 Å². The highest BCUT2D eigenvalue weighted by atomic mass is 16.5. The molecule has 0 radical (unpaired) electrons. The van der Waals surface area contributed by atoms with Crippen molar-refractivity contribution in [1.82, 2.24) is 9.78 Å². The molecule has 0 unspecified atom stereocenters. The second-order valence-electron chi connectivity index (χ2n) is 4.18. The van der Waals surface area contributed by atoms with E-state index in [1.54, 1.807) is 31.4 Å². The van der Waals surface area contributed by atoms with Crippen LogP contribution in [0.5, 0.6) is 11.5 Å². The molecule has 1 aromatic carbocycles. The van der Waals surface area contributed by atoms with Crippen LogP contribution >= 0.6 is 0 Å². The molecule has 7 nitrogen and oxygen atoms in total. The highest BCUT2D eigenvalue weighted by Gasteiger charge is 2.13. The first-order chi connectivity index (χ1) is 10.0. The fourth-order valence-corrected chi connectivity index (χ4v) is 1.82. The topological polar surface area (TPSA) is 90.7 Å². The first-order valence-corrected chi connectivity index (χ1v) is 6.07. The Morgan fingerprint density at radius 3 is 2.43 bits per heavy atom. The van der Waals surface area contributed by atoms with Crippen molar-refractivity contribution in [2.75, 3.05) is 14.2 Å². The molecule has 2 aromatic rings. The number of aliphatic carboxylic acids is 1. The predicted octanol–water partition coefficient (Wildman–Crippen LogP) is 1.01. The van der Waals surface area contributed by atoms with Crippen LogP contribution < -0.4 is 15.0 Å². The summed E-state index contributed by atoms with van der Waals surface area (Å²) in [5.74, 6) is -0.182. The summed E-state index contributed by atoms with van der Waals surface area (Å²) in [6.07, 6.45) is 0. The monoisotopic (exact) mass is 290 g/mol. The van der Waals surface area contributed by atoms with Crippen molar-refractivity contribution < 1.29 is 19.4 Å². The number of carboxylic acid groups (broad SMARTS) is 1. The number of carbonyl (C=O) groups is 1. The molecular weight excluding hydrogens is 276 g/mol. The van der Waals surface area contributed by atoms with Gasteiger partial charge in [0.05, 0.1) is 14.2 Å². The number of benzene rings is 1. The minimum Gasteiger partial charge on any atom is -0.497 e. The van der Waals surface area contributed by atoms with Crippen molar-refractivity contribution in [2.45, 2.75) is 6.54 Å². The van der Waals surface area contributed by atoms with Crippen LogP contribution in [0, 0.1) is 0 Å². The molecule has 0 atom stereocenters. The van der Waals surface area contributed by atoms with Crippen LogP contribution in [0.1, 0.15) is 0 Å². The molecule has 0 saturated heterocycles. The lowest BCUT2D eigenvalue weighted by atomic mass is 10.1. The number of aromatic nitrogens is 2. The van der Waals surface area contributed by atoms with E-state index in [1.165, 1.54) is 13.2 Å². The predicted molar refractivity (Wildman–Crippen MR) is 74.7 cm³/mol. The average molecular weight is 290 g/mol. The van der Waals surface area contributed by atoms with Gasteiger partial charge in [-0.05, 0) is 24.3 Å². The maximum Gasteiger partial charge on any atom is 0.325 e. The molecule has 2 rings (SSSR count). The zero-order chi connectivity index (χ0) is 15.4. The van der Waals surface area contributed by atoms with Crippen LogP contribution in [0.4, 0.5) is 0 Å². The van der Waals surface area contributed by atoms with Gasteiger partial charge >= 0.3 is 5.97 Å². The van der Waals surface area contributed by atoms with Gasteiger partial charge in [0.25, 0.3) is 5.56 Å². The van der Waals surface area contributed by atoms with E-state index >= 15 is 0 Å². The molecule has 0 aliphatic heterocycles. The van der Waals surface area contributed by atoms with Gasteiger partial charge in [0.2, 0.25) is 0 Å². The van der Waals surface area contributed by atoms with E-state index in [4.69, 9.17) is 14.6 Å². The van der Waals surface area contributed by atoms with Gasteiger partial charge in [-0.25, -0.2) is 4.68 Å². The lowest BCUT2D eigenvalue weighted by Gasteiger charge is -2.10. The van der Waals surface area contributed by atoms with Crippen molar-refractivity contribution >= 4 is 5.97 Å². The van der Waals surface area contributed by atoms with Crippen LogP contribution in [0.3, 0.4) is 0 Å². The lowest BCUT2D eigenvalue weighted by Crippen LogP contribution is -2.26. The van der Waals surface area contributed by atoms with Gasteiger partial charge in [-0.2, -0.15) is 5.10 Å². The third-order valence-corrected chi connectivity index (χ3v) is 2.83. The first-order valence-electron chi connectivity index (χ1n) is 6.07. The van der Waals surface area contributed by atoms with Crippen LogP contribution in [0.2, 0.25) is 0 Å². The summed E-state index contributed by atoms with van der Waals surface area (Å²) >= 11 is 0. The smallest absolute Gasteiger partial charge is 0.325 e. The molecule has 0 amide bonds. The summed E-state index contributed by atoms with van der Waals surface area (Å²) in [6, 6.07) is 8.19. The molecule has 110 valence electrons. The largest absolute Gasteiger partial charge is 0.497 e. The van der Waals surface area contributed by atoms with Gasteiger partial charge < -0.3 is 14.6 Å². The molecule has 0 spiro atoms. The summed E-state index contributed by atoms with van der Waals surface area (Å²) in [5.41, 5.74) is 0.541. The Balaban J connectivity index is 2.53. The average Bonchev–Trinajstić information content (AvgIpc) is 2.48. The molecule has 1 N–H and O–H groups in total. The Bertz CT molecular complexity index is 706. The van der Waals surface area contributed by atoms with Crippen LogP contribution in [0.15, 0.2) is 35.1 Å². The van der Waals surface area contributed by atoms with Crippen LogP contribution in [0.25, 0.3) is 11.3 Å². The molecule has 21 heavy (non-hydrogen) atoms. The number of methoxy groups -OCH3 is 2. The molecule has 0 fully saturated rings. The number of hydrogen-bond acceptors (Lipinski definition) is 5. The van der Waals surface area contributed by atoms with Gasteiger partial charge in [-0.1, -0.05) is 0 Å². The Morgan fingerprint density at radius 1 is 1.24 bits per heavy atom. The van der Waals surface area contributed by atoms with Gasteiger partial charge in [0.15, 0.2) is 5.75 Å². The summed E-state index contributed by atoms with van der Waals surface area (Å²) in [7, 11) is 2.98. The first kappa shape index (κ1) is 14.6. The van der Waals surface area contributed by atoms with E-state index in [9.17, 15) is 9.59 Å². The number of rotatable bonds is 5. The van der Waals surface area contributed by atoms with Crippen molar-refractivity contribution in [3.63, 3.8) is 0 Å². The minimum atomic E-state index is -1.14. The summed E-state index contributed by atoms with van der Waals surface area (Å²) in [6.45, 7) is -0.508. The van der Waals surface area contributed by atoms with Crippen LogP contribution in [-0.2, 0) is 11.3 Å². The van der Waals surface area contributed by atoms with Gasteiger partial charge in [0, 0.05) is 11.6 Å². The molecule has 1 heterocycles. The molecule has 0 saturated carbocycles. The zero-order valence-corrected chi connectivity index (χ0v) is 11.6. The Kier molecular flexibility index (Phi) is 4.22. The molecule has 1 aromatic heterocycles. The number of hydrogen-bond donors (Lipinski definition) is 1. The quantitative estimate of drug-likeness (QED) is 0.883. The molecule has 0 aliphatic carbocycles. The lowest BCUT2D eigenvalue weighted by molar-refractivity contribution is -0.138. The Hall–Kier alpha value is -2.83. The van der Waals surface area contributed by atoms with E-state index in [0.29, 0.717) is 17.0 Å². The second kappa shape index (κ2) is 6.08. The number of nitrogens with zero attached hydrogens (tertiary/aromatic N) is 2. The molecular formula is C14H14N2O5. The van der Waals surface area contributed by atoms with Crippen molar-refractivity contribution in [2.24, 2.45) is 0 Å². The normalized spacial score (nSPS) is 10.2. The fraction of sp³-hybridized carbons (Fsp3) is 0.214. The van der Waals surface area contributed by atoms with Crippen molar-refractivity contribution in [3.8, 4) is 22.8 Å². The maximum absolute atomic E-state index is 11.8. The van der Waals surface area contributed by atoms with Crippen molar-refractivity contribution in [3.05, 3.63) is 40.7 Å². The molecule has 7 heteroatoms.